The largest absolute Gasteiger partial charge is 0.492 e. The lowest BCUT2D eigenvalue weighted by atomic mass is 10.3. The second-order valence-electron chi connectivity index (χ2n) is 4.39. The maximum Gasteiger partial charge on any atom is 0.243 e. The molecule has 108 valence electrons. The maximum atomic E-state index is 12.3. The van der Waals surface area contributed by atoms with Gasteiger partial charge in [0.2, 0.25) is 10.0 Å². The van der Waals surface area contributed by atoms with E-state index in [0.717, 1.165) is 6.42 Å². The maximum absolute atomic E-state index is 12.3. The van der Waals surface area contributed by atoms with Crippen LogP contribution in [0.2, 0.25) is 0 Å². The number of hydrogen-bond acceptors (Lipinski definition) is 4. The fourth-order valence-corrected chi connectivity index (χ4v) is 2.98. The third kappa shape index (κ3) is 3.92. The second kappa shape index (κ2) is 6.88. The van der Waals surface area contributed by atoms with E-state index in [-0.39, 0.29) is 10.9 Å². The fourth-order valence-electron chi connectivity index (χ4n) is 1.54. The van der Waals surface area contributed by atoms with Gasteiger partial charge in [0.1, 0.15) is 12.4 Å². The van der Waals surface area contributed by atoms with Crippen LogP contribution >= 0.6 is 0 Å². The Bertz CT molecular complexity index is 485. The van der Waals surface area contributed by atoms with Crippen LogP contribution in [-0.2, 0) is 10.0 Å². The van der Waals surface area contributed by atoms with Crippen molar-refractivity contribution in [1.29, 1.82) is 0 Å². The van der Waals surface area contributed by atoms with Gasteiger partial charge in [0.25, 0.3) is 0 Å². The number of nitrogens with zero attached hydrogens (tertiary/aromatic N) is 1. The lowest BCUT2D eigenvalue weighted by Crippen LogP contribution is -2.34. The first-order chi connectivity index (χ1) is 8.93. The Morgan fingerprint density at radius 3 is 2.37 bits per heavy atom. The normalized spacial score (nSPS) is 13.5. The molecule has 0 saturated heterocycles. The van der Waals surface area contributed by atoms with Crippen molar-refractivity contribution >= 4 is 10.0 Å². The van der Waals surface area contributed by atoms with Crippen molar-refractivity contribution in [2.75, 3.05) is 20.2 Å². The monoisotopic (exact) mass is 286 g/mol. The van der Waals surface area contributed by atoms with Crippen molar-refractivity contribution < 1.29 is 13.2 Å². The van der Waals surface area contributed by atoms with Crippen LogP contribution in [0.4, 0.5) is 0 Å². The van der Waals surface area contributed by atoms with Gasteiger partial charge in [0, 0.05) is 19.6 Å². The molecule has 0 radical (unpaired) electrons. The molecule has 0 spiro atoms. The van der Waals surface area contributed by atoms with E-state index >= 15 is 0 Å². The van der Waals surface area contributed by atoms with Crippen LogP contribution in [0.5, 0.6) is 5.75 Å². The Kier molecular flexibility index (Phi) is 5.78. The first-order valence-corrected chi connectivity index (χ1v) is 7.78. The molecule has 1 atom stereocenters. The van der Waals surface area contributed by atoms with E-state index in [2.05, 4.69) is 0 Å². The summed E-state index contributed by atoms with van der Waals surface area (Å²) in [6, 6.07) is 6.37. The molecule has 0 fully saturated rings. The highest BCUT2D eigenvalue weighted by Crippen LogP contribution is 2.20. The minimum atomic E-state index is -3.43. The van der Waals surface area contributed by atoms with E-state index in [1.54, 1.807) is 31.3 Å². The van der Waals surface area contributed by atoms with Crippen molar-refractivity contribution in [3.8, 4) is 5.75 Å². The molecule has 0 aliphatic heterocycles. The molecule has 0 aliphatic rings. The average molecular weight is 286 g/mol. The molecule has 0 amide bonds. The number of ether oxygens (including phenoxy) is 1. The van der Waals surface area contributed by atoms with Gasteiger partial charge in [0.05, 0.1) is 4.90 Å². The van der Waals surface area contributed by atoms with Crippen LogP contribution in [0.25, 0.3) is 0 Å². The number of benzene rings is 1. The van der Waals surface area contributed by atoms with Crippen LogP contribution in [0.15, 0.2) is 29.2 Å². The zero-order chi connectivity index (χ0) is 14.5. The highest BCUT2D eigenvalue weighted by atomic mass is 32.2. The average Bonchev–Trinajstić information content (AvgIpc) is 2.43. The van der Waals surface area contributed by atoms with Gasteiger partial charge in [-0.05, 0) is 37.6 Å². The van der Waals surface area contributed by atoms with Crippen molar-refractivity contribution in [3.05, 3.63) is 24.3 Å². The second-order valence-corrected chi connectivity index (χ2v) is 6.38. The van der Waals surface area contributed by atoms with Gasteiger partial charge < -0.3 is 10.5 Å². The van der Waals surface area contributed by atoms with Crippen molar-refractivity contribution in [1.82, 2.24) is 4.31 Å². The Hall–Kier alpha value is -1.11. The molecular weight excluding hydrogens is 264 g/mol. The standard InChI is InChI=1S/C13H22N2O3S/c1-4-11(2)15(3)19(16,17)13-7-5-12(6-8-13)18-10-9-14/h5-8,11H,4,9-10,14H2,1-3H3. The minimum Gasteiger partial charge on any atom is -0.492 e. The lowest BCUT2D eigenvalue weighted by Gasteiger charge is -2.23. The summed E-state index contributed by atoms with van der Waals surface area (Å²) < 4.78 is 31.4. The smallest absolute Gasteiger partial charge is 0.243 e. The molecule has 19 heavy (non-hydrogen) atoms. The van der Waals surface area contributed by atoms with Crippen LogP contribution < -0.4 is 10.5 Å². The highest BCUT2D eigenvalue weighted by Gasteiger charge is 2.24. The predicted octanol–water partition coefficient (Wildman–Crippen LogP) is 1.44. The lowest BCUT2D eigenvalue weighted by molar-refractivity contribution is 0.328. The summed E-state index contributed by atoms with van der Waals surface area (Å²) in [7, 11) is -1.83. The van der Waals surface area contributed by atoms with Crippen LogP contribution in [0.1, 0.15) is 20.3 Å². The Balaban J connectivity index is 2.90. The van der Waals surface area contributed by atoms with Gasteiger partial charge in [0.15, 0.2) is 0 Å². The summed E-state index contributed by atoms with van der Waals surface area (Å²) in [5.74, 6) is 0.621. The zero-order valence-electron chi connectivity index (χ0n) is 11.7. The van der Waals surface area contributed by atoms with Gasteiger partial charge in [-0.25, -0.2) is 8.42 Å². The first kappa shape index (κ1) is 15.9. The number of nitrogens with two attached hydrogens (primary N) is 1. The predicted molar refractivity (Wildman–Crippen MR) is 75.7 cm³/mol. The summed E-state index contributed by atoms with van der Waals surface area (Å²) in [5.41, 5.74) is 5.34. The van der Waals surface area contributed by atoms with E-state index in [1.807, 2.05) is 13.8 Å². The first-order valence-electron chi connectivity index (χ1n) is 6.34. The fraction of sp³-hybridized carbons (Fsp3) is 0.538. The molecule has 0 bridgehead atoms. The summed E-state index contributed by atoms with van der Waals surface area (Å²) >= 11 is 0. The Morgan fingerprint density at radius 1 is 1.32 bits per heavy atom. The van der Waals surface area contributed by atoms with Crippen molar-refractivity contribution in [2.24, 2.45) is 5.73 Å². The molecule has 0 aromatic heterocycles. The van der Waals surface area contributed by atoms with Crippen LogP contribution in [0, 0.1) is 0 Å². The topological polar surface area (TPSA) is 72.6 Å². The third-order valence-electron chi connectivity index (χ3n) is 3.10. The minimum absolute atomic E-state index is 0.0295. The summed E-state index contributed by atoms with van der Waals surface area (Å²) in [5, 5.41) is 0. The summed E-state index contributed by atoms with van der Waals surface area (Å²) in [4.78, 5) is 0.274. The summed E-state index contributed by atoms with van der Waals surface area (Å²) in [6.07, 6.45) is 0.771. The number of hydrogen-bond donors (Lipinski definition) is 1. The molecule has 1 aromatic rings. The zero-order valence-corrected chi connectivity index (χ0v) is 12.5. The van der Waals surface area contributed by atoms with E-state index in [1.165, 1.54) is 4.31 Å². The molecule has 1 rings (SSSR count). The van der Waals surface area contributed by atoms with Crippen LogP contribution in [0.3, 0.4) is 0 Å². The van der Waals surface area contributed by atoms with E-state index in [0.29, 0.717) is 18.9 Å². The third-order valence-corrected chi connectivity index (χ3v) is 5.08. The molecular formula is C13H22N2O3S. The van der Waals surface area contributed by atoms with Gasteiger partial charge >= 0.3 is 0 Å². The highest BCUT2D eigenvalue weighted by molar-refractivity contribution is 7.89. The van der Waals surface area contributed by atoms with Gasteiger partial charge in [-0.15, -0.1) is 0 Å². The molecule has 0 aliphatic carbocycles. The van der Waals surface area contributed by atoms with Crippen molar-refractivity contribution in [3.63, 3.8) is 0 Å². The quantitative estimate of drug-likeness (QED) is 0.823. The number of rotatable bonds is 7. The Morgan fingerprint density at radius 2 is 1.89 bits per heavy atom. The molecule has 0 heterocycles. The molecule has 1 aromatic carbocycles. The molecule has 6 heteroatoms. The molecule has 0 saturated carbocycles. The van der Waals surface area contributed by atoms with Gasteiger partial charge in [-0.3, -0.25) is 0 Å². The van der Waals surface area contributed by atoms with E-state index in [4.69, 9.17) is 10.5 Å². The van der Waals surface area contributed by atoms with Gasteiger partial charge in [-0.1, -0.05) is 6.92 Å². The summed E-state index contributed by atoms with van der Waals surface area (Å²) in [6.45, 7) is 4.69. The molecule has 2 N–H and O–H groups in total. The molecule has 1 unspecified atom stereocenters. The number of sulfonamides is 1. The van der Waals surface area contributed by atoms with Crippen LogP contribution in [-0.4, -0.2) is 39.0 Å². The molecule has 5 nitrogen and oxygen atoms in total. The Labute approximate surface area is 115 Å². The van der Waals surface area contributed by atoms with E-state index in [9.17, 15) is 8.42 Å². The SMILES string of the molecule is CCC(C)N(C)S(=O)(=O)c1ccc(OCCN)cc1. The van der Waals surface area contributed by atoms with Gasteiger partial charge in [-0.2, -0.15) is 4.31 Å². The van der Waals surface area contributed by atoms with Crippen molar-refractivity contribution in [2.45, 2.75) is 31.2 Å². The van der Waals surface area contributed by atoms with E-state index < -0.39 is 10.0 Å².